The topological polar surface area (TPSA) is 77.8 Å². The van der Waals surface area contributed by atoms with Crippen LogP contribution in [-0.2, 0) is 6.54 Å². The standard InChI is InChI=1S/C25H24N4O3/c1-15(2)23-19(25(30)27-12-17-9-10-20-21(11-17)32-14-31-20)13-26-24-22(16(3)28-29(23)24)18-7-5-4-6-8-18/h4-11,13,15H,12,14H2,1-3H3,(H,27,30). The summed E-state index contributed by atoms with van der Waals surface area (Å²) in [6, 6.07) is 15.7. The van der Waals surface area contributed by atoms with Crippen molar-refractivity contribution in [2.45, 2.75) is 33.2 Å². The Morgan fingerprint density at radius 2 is 1.91 bits per heavy atom. The summed E-state index contributed by atoms with van der Waals surface area (Å²) in [4.78, 5) is 17.8. The van der Waals surface area contributed by atoms with E-state index in [1.807, 2.05) is 60.0 Å². The van der Waals surface area contributed by atoms with Crippen molar-refractivity contribution < 1.29 is 14.3 Å². The lowest BCUT2D eigenvalue weighted by Gasteiger charge is -2.14. The van der Waals surface area contributed by atoms with Crippen LogP contribution in [0, 0.1) is 6.92 Å². The van der Waals surface area contributed by atoms with Crippen LogP contribution in [-0.4, -0.2) is 27.3 Å². The molecule has 2 aromatic heterocycles. The SMILES string of the molecule is Cc1nn2c(C(C)C)c(C(=O)NCc3ccc4c(c3)OCO4)cnc2c1-c1ccccc1. The van der Waals surface area contributed by atoms with Gasteiger partial charge in [0.25, 0.3) is 5.91 Å². The van der Waals surface area contributed by atoms with Gasteiger partial charge >= 0.3 is 0 Å². The van der Waals surface area contributed by atoms with E-state index in [4.69, 9.17) is 14.6 Å². The molecule has 0 spiro atoms. The Kier molecular flexibility index (Phi) is 5.01. The molecule has 0 atom stereocenters. The summed E-state index contributed by atoms with van der Waals surface area (Å²) < 4.78 is 12.6. The zero-order valence-corrected chi connectivity index (χ0v) is 18.3. The lowest BCUT2D eigenvalue weighted by atomic mass is 10.0. The normalized spacial score (nSPS) is 12.5. The van der Waals surface area contributed by atoms with Gasteiger partial charge in [0.2, 0.25) is 6.79 Å². The van der Waals surface area contributed by atoms with Crippen molar-refractivity contribution in [3.63, 3.8) is 0 Å². The molecule has 0 unspecified atom stereocenters. The molecule has 7 heteroatoms. The van der Waals surface area contributed by atoms with Gasteiger partial charge in [-0.25, -0.2) is 9.50 Å². The van der Waals surface area contributed by atoms with E-state index >= 15 is 0 Å². The van der Waals surface area contributed by atoms with Crippen LogP contribution in [0.3, 0.4) is 0 Å². The minimum Gasteiger partial charge on any atom is -0.454 e. The predicted octanol–water partition coefficient (Wildman–Crippen LogP) is 4.49. The predicted molar refractivity (Wildman–Crippen MR) is 121 cm³/mol. The number of aryl methyl sites for hydroxylation is 1. The summed E-state index contributed by atoms with van der Waals surface area (Å²) in [6.07, 6.45) is 1.66. The van der Waals surface area contributed by atoms with Gasteiger partial charge in [-0.2, -0.15) is 5.10 Å². The maximum absolute atomic E-state index is 13.1. The van der Waals surface area contributed by atoms with Gasteiger partial charge in [-0.1, -0.05) is 50.2 Å². The molecule has 162 valence electrons. The van der Waals surface area contributed by atoms with E-state index in [2.05, 4.69) is 24.1 Å². The number of ether oxygens (including phenoxy) is 2. The summed E-state index contributed by atoms with van der Waals surface area (Å²) in [7, 11) is 0. The van der Waals surface area contributed by atoms with E-state index in [1.54, 1.807) is 6.20 Å². The smallest absolute Gasteiger partial charge is 0.254 e. The molecule has 0 aliphatic carbocycles. The second-order valence-corrected chi connectivity index (χ2v) is 8.14. The summed E-state index contributed by atoms with van der Waals surface area (Å²) in [5, 5.41) is 7.76. The van der Waals surface area contributed by atoms with Gasteiger partial charge in [0.1, 0.15) is 0 Å². The number of aromatic nitrogens is 3. The van der Waals surface area contributed by atoms with Crippen LogP contribution >= 0.6 is 0 Å². The highest BCUT2D eigenvalue weighted by atomic mass is 16.7. The van der Waals surface area contributed by atoms with E-state index in [1.165, 1.54) is 0 Å². The second kappa shape index (κ2) is 8.00. The highest BCUT2D eigenvalue weighted by Gasteiger charge is 2.23. The van der Waals surface area contributed by atoms with E-state index in [-0.39, 0.29) is 18.6 Å². The molecular formula is C25H24N4O3. The Morgan fingerprint density at radius 1 is 1.12 bits per heavy atom. The Balaban J connectivity index is 1.48. The molecule has 1 aliphatic heterocycles. The van der Waals surface area contributed by atoms with E-state index in [9.17, 15) is 4.79 Å². The van der Waals surface area contributed by atoms with Crippen LogP contribution in [0.2, 0.25) is 0 Å². The van der Waals surface area contributed by atoms with Gasteiger partial charge in [0.15, 0.2) is 17.1 Å². The van der Waals surface area contributed by atoms with Crippen LogP contribution in [0.5, 0.6) is 11.5 Å². The minimum atomic E-state index is -0.185. The number of benzene rings is 2. The number of hydrogen-bond acceptors (Lipinski definition) is 5. The lowest BCUT2D eigenvalue weighted by molar-refractivity contribution is 0.0948. The van der Waals surface area contributed by atoms with E-state index < -0.39 is 0 Å². The first-order valence-corrected chi connectivity index (χ1v) is 10.6. The fourth-order valence-electron chi connectivity index (χ4n) is 4.11. The fourth-order valence-corrected chi connectivity index (χ4v) is 4.11. The van der Waals surface area contributed by atoms with Crippen molar-refractivity contribution in [2.24, 2.45) is 0 Å². The number of nitrogens with one attached hydrogen (secondary N) is 1. The van der Waals surface area contributed by atoms with Gasteiger partial charge < -0.3 is 14.8 Å². The Morgan fingerprint density at radius 3 is 2.69 bits per heavy atom. The number of hydrogen-bond donors (Lipinski definition) is 1. The summed E-state index contributed by atoms with van der Waals surface area (Å²) in [5.74, 6) is 1.31. The third-order valence-corrected chi connectivity index (χ3v) is 5.60. The highest BCUT2D eigenvalue weighted by Crippen LogP contribution is 2.33. The molecule has 0 saturated carbocycles. The van der Waals surface area contributed by atoms with Gasteiger partial charge in [-0.15, -0.1) is 0 Å². The lowest BCUT2D eigenvalue weighted by Crippen LogP contribution is -2.26. The van der Waals surface area contributed by atoms with Crippen LogP contribution in [0.25, 0.3) is 16.8 Å². The molecule has 0 saturated heterocycles. The third kappa shape index (κ3) is 3.45. The number of rotatable bonds is 5. The molecule has 1 aliphatic rings. The first-order chi connectivity index (χ1) is 15.5. The van der Waals surface area contributed by atoms with Gasteiger partial charge in [0, 0.05) is 18.3 Å². The largest absolute Gasteiger partial charge is 0.454 e. The number of amides is 1. The van der Waals surface area contributed by atoms with Crippen LogP contribution < -0.4 is 14.8 Å². The van der Waals surface area contributed by atoms with Crippen LogP contribution in [0.15, 0.2) is 54.7 Å². The Hall–Kier alpha value is -3.87. The maximum Gasteiger partial charge on any atom is 0.254 e. The molecule has 3 heterocycles. The molecule has 32 heavy (non-hydrogen) atoms. The van der Waals surface area contributed by atoms with Crippen molar-refractivity contribution >= 4 is 11.6 Å². The monoisotopic (exact) mass is 428 g/mol. The molecular weight excluding hydrogens is 404 g/mol. The van der Waals surface area contributed by atoms with Crippen LogP contribution in [0.1, 0.15) is 47.1 Å². The summed E-state index contributed by atoms with van der Waals surface area (Å²) in [5.41, 5.74) is 5.97. The van der Waals surface area contributed by atoms with Crippen molar-refractivity contribution in [1.82, 2.24) is 19.9 Å². The molecule has 5 rings (SSSR count). The number of fused-ring (bicyclic) bond motifs is 2. The minimum absolute atomic E-state index is 0.0784. The second-order valence-electron chi connectivity index (χ2n) is 8.14. The molecule has 7 nitrogen and oxygen atoms in total. The van der Waals surface area contributed by atoms with Crippen molar-refractivity contribution in [3.8, 4) is 22.6 Å². The van der Waals surface area contributed by atoms with Gasteiger partial charge in [-0.05, 0) is 36.1 Å². The third-order valence-electron chi connectivity index (χ3n) is 5.60. The van der Waals surface area contributed by atoms with E-state index in [0.29, 0.717) is 17.9 Å². The molecule has 0 radical (unpaired) electrons. The zero-order valence-electron chi connectivity index (χ0n) is 18.3. The molecule has 0 bridgehead atoms. The zero-order chi connectivity index (χ0) is 22.2. The van der Waals surface area contributed by atoms with Gasteiger partial charge in [0.05, 0.1) is 17.0 Å². The highest BCUT2D eigenvalue weighted by molar-refractivity contribution is 5.96. The summed E-state index contributed by atoms with van der Waals surface area (Å²) in [6.45, 7) is 6.69. The number of nitrogens with zero attached hydrogens (tertiary/aromatic N) is 3. The molecule has 2 aromatic carbocycles. The van der Waals surface area contributed by atoms with Crippen molar-refractivity contribution in [3.05, 3.63) is 77.2 Å². The first-order valence-electron chi connectivity index (χ1n) is 10.6. The first kappa shape index (κ1) is 20.1. The fraction of sp³-hybridized carbons (Fsp3) is 0.240. The maximum atomic E-state index is 13.1. The summed E-state index contributed by atoms with van der Waals surface area (Å²) >= 11 is 0. The number of carbonyl (C=O) groups excluding carboxylic acids is 1. The Bertz CT molecular complexity index is 1310. The molecule has 1 amide bonds. The Labute approximate surface area is 186 Å². The molecule has 4 aromatic rings. The molecule has 1 N–H and O–H groups in total. The van der Waals surface area contributed by atoms with Crippen LogP contribution in [0.4, 0.5) is 0 Å². The van der Waals surface area contributed by atoms with Crippen molar-refractivity contribution in [2.75, 3.05) is 6.79 Å². The molecule has 0 fully saturated rings. The number of carbonyl (C=O) groups is 1. The average molecular weight is 428 g/mol. The quantitative estimate of drug-likeness (QED) is 0.507. The van der Waals surface area contributed by atoms with Gasteiger partial charge in [-0.3, -0.25) is 4.79 Å². The average Bonchev–Trinajstić information content (AvgIpc) is 3.39. The van der Waals surface area contributed by atoms with Crippen molar-refractivity contribution in [1.29, 1.82) is 0 Å². The van der Waals surface area contributed by atoms with E-state index in [0.717, 1.165) is 39.5 Å².